The third kappa shape index (κ3) is 4.70. The van der Waals surface area contributed by atoms with Crippen LogP contribution >= 0.6 is 0 Å². The molecule has 4 nitrogen and oxygen atoms in total. The molecule has 0 aromatic heterocycles. The molecule has 0 aliphatic carbocycles. The summed E-state index contributed by atoms with van der Waals surface area (Å²) in [7, 11) is -3.10. The number of halogens is 1. The molecule has 0 fully saturated rings. The van der Waals surface area contributed by atoms with E-state index in [1.54, 1.807) is 13.0 Å². The monoisotopic (exact) mass is 261 g/mol. The molecule has 2 N–H and O–H groups in total. The lowest BCUT2D eigenvalue weighted by molar-refractivity contribution is 0.322. The predicted octanol–water partition coefficient (Wildman–Crippen LogP) is 1.27. The van der Waals surface area contributed by atoms with Gasteiger partial charge in [-0.25, -0.2) is 12.8 Å². The SMILES string of the molecule is C[C@H](N)c1ccc(OCCS(C)(=O)=O)c(F)c1. The molecule has 17 heavy (non-hydrogen) atoms. The molecule has 0 saturated carbocycles. The van der Waals surface area contributed by atoms with Crippen molar-refractivity contribution in [2.45, 2.75) is 13.0 Å². The number of benzene rings is 1. The predicted molar refractivity (Wildman–Crippen MR) is 64.2 cm³/mol. The first kappa shape index (κ1) is 13.9. The summed E-state index contributed by atoms with van der Waals surface area (Å²) in [6.45, 7) is 1.69. The summed E-state index contributed by atoms with van der Waals surface area (Å²) in [6, 6.07) is 4.15. The highest BCUT2D eigenvalue weighted by atomic mass is 32.2. The number of hydrogen-bond acceptors (Lipinski definition) is 4. The van der Waals surface area contributed by atoms with E-state index in [1.807, 2.05) is 0 Å². The van der Waals surface area contributed by atoms with Crippen molar-refractivity contribution in [2.75, 3.05) is 18.6 Å². The summed E-state index contributed by atoms with van der Waals surface area (Å²) >= 11 is 0. The maximum absolute atomic E-state index is 13.5. The van der Waals surface area contributed by atoms with E-state index in [2.05, 4.69) is 0 Å². The van der Waals surface area contributed by atoms with Gasteiger partial charge in [0.2, 0.25) is 0 Å². The van der Waals surface area contributed by atoms with Crippen LogP contribution in [0.15, 0.2) is 18.2 Å². The lowest BCUT2D eigenvalue weighted by atomic mass is 10.1. The van der Waals surface area contributed by atoms with Crippen LogP contribution in [-0.4, -0.2) is 27.0 Å². The van der Waals surface area contributed by atoms with Gasteiger partial charge in [-0.3, -0.25) is 0 Å². The van der Waals surface area contributed by atoms with Gasteiger partial charge in [-0.05, 0) is 24.6 Å². The van der Waals surface area contributed by atoms with Crippen LogP contribution in [0.1, 0.15) is 18.5 Å². The highest BCUT2D eigenvalue weighted by molar-refractivity contribution is 7.90. The molecule has 0 bridgehead atoms. The molecule has 1 aromatic rings. The van der Waals surface area contributed by atoms with Gasteiger partial charge in [0.25, 0.3) is 0 Å². The zero-order valence-electron chi connectivity index (χ0n) is 9.81. The summed E-state index contributed by atoms with van der Waals surface area (Å²) in [5.41, 5.74) is 6.27. The van der Waals surface area contributed by atoms with Gasteiger partial charge < -0.3 is 10.5 Å². The molecule has 0 spiro atoms. The molecule has 0 amide bonds. The quantitative estimate of drug-likeness (QED) is 0.866. The Morgan fingerprint density at radius 1 is 1.47 bits per heavy atom. The van der Waals surface area contributed by atoms with Gasteiger partial charge >= 0.3 is 0 Å². The Balaban J connectivity index is 2.67. The number of sulfone groups is 1. The minimum atomic E-state index is -3.10. The van der Waals surface area contributed by atoms with E-state index in [9.17, 15) is 12.8 Å². The second-order valence-electron chi connectivity index (χ2n) is 3.96. The van der Waals surface area contributed by atoms with Crippen LogP contribution in [0.5, 0.6) is 5.75 Å². The fourth-order valence-electron chi connectivity index (χ4n) is 1.22. The van der Waals surface area contributed by atoms with E-state index < -0.39 is 15.7 Å². The highest BCUT2D eigenvalue weighted by Crippen LogP contribution is 2.21. The maximum Gasteiger partial charge on any atom is 0.165 e. The smallest absolute Gasteiger partial charge is 0.165 e. The van der Waals surface area contributed by atoms with Crippen molar-refractivity contribution in [3.8, 4) is 5.75 Å². The molecule has 0 unspecified atom stereocenters. The Morgan fingerprint density at radius 3 is 2.59 bits per heavy atom. The summed E-state index contributed by atoms with van der Waals surface area (Å²) < 4.78 is 40.3. The second kappa shape index (κ2) is 5.46. The fourth-order valence-corrected chi connectivity index (χ4v) is 1.61. The fraction of sp³-hybridized carbons (Fsp3) is 0.455. The van der Waals surface area contributed by atoms with Gasteiger partial charge in [-0.1, -0.05) is 6.07 Å². The molecular weight excluding hydrogens is 245 g/mol. The first-order chi connectivity index (χ1) is 7.79. The molecule has 1 rings (SSSR count). The van der Waals surface area contributed by atoms with E-state index in [-0.39, 0.29) is 24.2 Å². The van der Waals surface area contributed by atoms with Crippen molar-refractivity contribution < 1.29 is 17.5 Å². The van der Waals surface area contributed by atoms with E-state index in [0.29, 0.717) is 5.56 Å². The van der Waals surface area contributed by atoms with Crippen LogP contribution in [0.25, 0.3) is 0 Å². The molecule has 0 aliphatic rings. The molecule has 96 valence electrons. The normalized spacial score (nSPS) is 13.4. The van der Waals surface area contributed by atoms with E-state index in [1.165, 1.54) is 12.1 Å². The molecule has 1 aromatic carbocycles. The summed E-state index contributed by atoms with van der Waals surface area (Å²) in [4.78, 5) is 0. The largest absolute Gasteiger partial charge is 0.489 e. The Morgan fingerprint density at radius 2 is 2.12 bits per heavy atom. The van der Waals surface area contributed by atoms with Crippen molar-refractivity contribution >= 4 is 9.84 Å². The first-order valence-electron chi connectivity index (χ1n) is 5.15. The Kier molecular flexibility index (Phi) is 4.47. The zero-order chi connectivity index (χ0) is 13.1. The molecule has 0 radical (unpaired) electrons. The van der Waals surface area contributed by atoms with Crippen LogP contribution in [0.4, 0.5) is 4.39 Å². The van der Waals surface area contributed by atoms with Crippen molar-refractivity contribution in [3.63, 3.8) is 0 Å². The van der Waals surface area contributed by atoms with Crippen LogP contribution in [0, 0.1) is 5.82 Å². The first-order valence-corrected chi connectivity index (χ1v) is 7.21. The minimum Gasteiger partial charge on any atom is -0.489 e. The topological polar surface area (TPSA) is 69.4 Å². The van der Waals surface area contributed by atoms with Crippen molar-refractivity contribution in [1.29, 1.82) is 0 Å². The van der Waals surface area contributed by atoms with E-state index in [0.717, 1.165) is 6.26 Å². The van der Waals surface area contributed by atoms with Gasteiger partial charge in [0, 0.05) is 12.3 Å². The lowest BCUT2D eigenvalue weighted by Gasteiger charge is -2.10. The number of nitrogens with two attached hydrogens (primary N) is 1. The van der Waals surface area contributed by atoms with Crippen LogP contribution in [0.3, 0.4) is 0 Å². The maximum atomic E-state index is 13.5. The standard InChI is InChI=1S/C11H16FNO3S/c1-8(13)9-3-4-11(10(12)7-9)16-5-6-17(2,14)15/h3-4,7-8H,5-6,13H2,1-2H3/t8-/m0/s1. The van der Waals surface area contributed by atoms with Gasteiger partial charge in [-0.2, -0.15) is 0 Å². The number of ether oxygens (including phenoxy) is 1. The molecule has 6 heteroatoms. The molecule has 0 saturated heterocycles. The number of rotatable bonds is 5. The van der Waals surface area contributed by atoms with Crippen molar-refractivity contribution in [1.82, 2.24) is 0 Å². The second-order valence-corrected chi connectivity index (χ2v) is 6.22. The summed E-state index contributed by atoms with van der Waals surface area (Å²) in [6.07, 6.45) is 1.10. The Bertz CT molecular complexity index is 485. The summed E-state index contributed by atoms with van der Waals surface area (Å²) in [5, 5.41) is 0. The van der Waals surface area contributed by atoms with Crippen molar-refractivity contribution in [3.05, 3.63) is 29.6 Å². The number of hydrogen-bond donors (Lipinski definition) is 1. The third-order valence-corrected chi connectivity index (χ3v) is 3.10. The molecular formula is C11H16FNO3S. The molecule has 1 atom stereocenters. The van der Waals surface area contributed by atoms with Gasteiger partial charge in [0.15, 0.2) is 21.4 Å². The zero-order valence-corrected chi connectivity index (χ0v) is 10.6. The Hall–Kier alpha value is -1.14. The average molecular weight is 261 g/mol. The molecule has 0 aliphatic heterocycles. The van der Waals surface area contributed by atoms with Crippen LogP contribution in [-0.2, 0) is 9.84 Å². The van der Waals surface area contributed by atoms with Gasteiger partial charge in [-0.15, -0.1) is 0 Å². The highest BCUT2D eigenvalue weighted by Gasteiger charge is 2.08. The Labute approximate surface area is 101 Å². The summed E-state index contributed by atoms with van der Waals surface area (Å²) in [5.74, 6) is -0.632. The molecule has 0 heterocycles. The lowest BCUT2D eigenvalue weighted by Crippen LogP contribution is -2.13. The third-order valence-electron chi connectivity index (χ3n) is 2.19. The van der Waals surface area contributed by atoms with E-state index >= 15 is 0 Å². The van der Waals surface area contributed by atoms with Gasteiger partial charge in [0.05, 0.1) is 5.75 Å². The minimum absolute atomic E-state index is 0.0399. The van der Waals surface area contributed by atoms with Crippen LogP contribution < -0.4 is 10.5 Å². The van der Waals surface area contributed by atoms with Crippen molar-refractivity contribution in [2.24, 2.45) is 5.73 Å². The van der Waals surface area contributed by atoms with Crippen LogP contribution in [0.2, 0.25) is 0 Å². The van der Waals surface area contributed by atoms with Gasteiger partial charge in [0.1, 0.15) is 6.61 Å². The average Bonchev–Trinajstić information content (AvgIpc) is 2.18. The van der Waals surface area contributed by atoms with E-state index in [4.69, 9.17) is 10.5 Å².